The molecule has 2 fully saturated rings. The van der Waals surface area contributed by atoms with E-state index >= 15 is 0 Å². The average molecular weight is 377 g/mol. The SMILES string of the molecule is C=C/C=C(\N(C)/N=C1/NCC(=O)N(C2CCC(O)CC2)/C1=N/C)C(C)(C)O. The van der Waals surface area contributed by atoms with Crippen molar-refractivity contribution in [3.63, 3.8) is 0 Å². The monoisotopic (exact) mass is 377 g/mol. The van der Waals surface area contributed by atoms with Crippen molar-refractivity contribution >= 4 is 17.6 Å². The molecular weight excluding hydrogens is 346 g/mol. The van der Waals surface area contributed by atoms with Crippen LogP contribution in [0.1, 0.15) is 39.5 Å². The number of hydrazone groups is 1. The number of amides is 1. The molecule has 0 bridgehead atoms. The van der Waals surface area contributed by atoms with Crippen molar-refractivity contribution in [1.29, 1.82) is 0 Å². The van der Waals surface area contributed by atoms with Crippen molar-refractivity contribution in [2.75, 3.05) is 20.6 Å². The number of piperazine rings is 1. The number of rotatable bonds is 5. The number of nitrogens with zero attached hydrogens (tertiary/aromatic N) is 4. The summed E-state index contributed by atoms with van der Waals surface area (Å²) in [6.07, 6.45) is 5.82. The molecule has 0 spiro atoms. The van der Waals surface area contributed by atoms with E-state index in [9.17, 15) is 15.0 Å². The first-order valence-corrected chi connectivity index (χ1v) is 9.28. The number of carbonyl (C=O) groups is 1. The summed E-state index contributed by atoms with van der Waals surface area (Å²) in [7, 11) is 3.36. The molecule has 0 aromatic carbocycles. The van der Waals surface area contributed by atoms with Crippen molar-refractivity contribution in [1.82, 2.24) is 15.2 Å². The van der Waals surface area contributed by atoms with Gasteiger partial charge in [-0.2, -0.15) is 5.10 Å². The highest BCUT2D eigenvalue weighted by Gasteiger charge is 2.36. The van der Waals surface area contributed by atoms with Gasteiger partial charge in [0.15, 0.2) is 11.7 Å². The van der Waals surface area contributed by atoms with Gasteiger partial charge in [0.1, 0.15) is 5.60 Å². The van der Waals surface area contributed by atoms with Gasteiger partial charge < -0.3 is 15.5 Å². The highest BCUT2D eigenvalue weighted by molar-refractivity contribution is 6.44. The molecule has 1 aliphatic heterocycles. The van der Waals surface area contributed by atoms with Gasteiger partial charge >= 0.3 is 0 Å². The van der Waals surface area contributed by atoms with Crippen molar-refractivity contribution < 1.29 is 15.0 Å². The van der Waals surface area contributed by atoms with E-state index in [2.05, 4.69) is 22.0 Å². The predicted molar refractivity (Wildman–Crippen MR) is 106 cm³/mol. The van der Waals surface area contributed by atoms with Crippen molar-refractivity contribution in [3.8, 4) is 0 Å². The van der Waals surface area contributed by atoms with Gasteiger partial charge in [0.25, 0.3) is 0 Å². The molecule has 27 heavy (non-hydrogen) atoms. The quantitative estimate of drug-likeness (QED) is 0.487. The largest absolute Gasteiger partial charge is 0.393 e. The first-order chi connectivity index (χ1) is 12.7. The Morgan fingerprint density at radius 3 is 2.52 bits per heavy atom. The highest BCUT2D eigenvalue weighted by atomic mass is 16.3. The van der Waals surface area contributed by atoms with E-state index in [-0.39, 0.29) is 24.6 Å². The second-order valence-corrected chi connectivity index (χ2v) is 7.45. The fourth-order valence-corrected chi connectivity index (χ4v) is 3.57. The Morgan fingerprint density at radius 1 is 1.37 bits per heavy atom. The standard InChI is InChI=1S/C19H31N5O3/c1-6-7-15(19(2,3)27)23(5)22-17-18(20-4)24(16(26)12-21-17)13-8-10-14(25)11-9-13/h6-7,13-14,25,27H,1,8-12H2,2-5H3,(H,21,22)/b15-7-,20-18+. The summed E-state index contributed by atoms with van der Waals surface area (Å²) in [5.74, 6) is 0.904. The number of hydrogen-bond acceptors (Lipinski definition) is 6. The Hall–Kier alpha value is -2.19. The van der Waals surface area contributed by atoms with Crippen LogP contribution in [-0.4, -0.2) is 76.1 Å². The summed E-state index contributed by atoms with van der Waals surface area (Å²) >= 11 is 0. The minimum atomic E-state index is -1.11. The Bertz CT molecular complexity index is 655. The van der Waals surface area contributed by atoms with E-state index < -0.39 is 5.60 Å². The topological polar surface area (TPSA) is 101 Å². The lowest BCUT2D eigenvalue weighted by atomic mass is 9.91. The maximum Gasteiger partial charge on any atom is 0.247 e. The molecule has 2 rings (SSSR count). The molecule has 0 unspecified atom stereocenters. The molecular formula is C19H31N5O3. The Morgan fingerprint density at radius 2 is 2.00 bits per heavy atom. The molecule has 150 valence electrons. The second-order valence-electron chi connectivity index (χ2n) is 7.45. The second kappa shape index (κ2) is 8.67. The molecule has 1 saturated carbocycles. The Labute approximate surface area is 160 Å². The van der Waals surface area contributed by atoms with E-state index in [0.717, 1.165) is 12.8 Å². The molecule has 0 aromatic rings. The number of carbonyl (C=O) groups excluding carboxylic acids is 1. The number of nitrogens with one attached hydrogen (secondary N) is 1. The molecule has 8 heteroatoms. The molecule has 0 atom stereocenters. The Balaban J connectivity index is 2.31. The number of amidine groups is 2. The third kappa shape index (κ3) is 4.95. The van der Waals surface area contributed by atoms with Gasteiger partial charge in [0.05, 0.1) is 18.3 Å². The van der Waals surface area contributed by atoms with Crippen LogP contribution in [0, 0.1) is 0 Å². The normalized spacial score (nSPS) is 27.7. The lowest BCUT2D eigenvalue weighted by Crippen LogP contribution is -2.60. The summed E-state index contributed by atoms with van der Waals surface area (Å²) in [6.45, 7) is 7.16. The lowest BCUT2D eigenvalue weighted by molar-refractivity contribution is -0.129. The molecule has 1 aliphatic carbocycles. The van der Waals surface area contributed by atoms with Gasteiger partial charge in [-0.25, -0.2) is 0 Å². The molecule has 0 aromatic heterocycles. The van der Waals surface area contributed by atoms with Gasteiger partial charge in [-0.15, -0.1) is 0 Å². The first-order valence-electron chi connectivity index (χ1n) is 9.28. The highest BCUT2D eigenvalue weighted by Crippen LogP contribution is 2.25. The van der Waals surface area contributed by atoms with E-state index in [1.54, 1.807) is 50.0 Å². The van der Waals surface area contributed by atoms with Crippen LogP contribution < -0.4 is 5.32 Å². The van der Waals surface area contributed by atoms with Crippen molar-refractivity contribution in [2.45, 2.75) is 57.3 Å². The number of likely N-dealkylation sites (N-methyl/N-ethyl adjacent to an activating group) is 1. The minimum Gasteiger partial charge on any atom is -0.393 e. The van der Waals surface area contributed by atoms with Gasteiger partial charge in [0.2, 0.25) is 5.91 Å². The molecule has 8 nitrogen and oxygen atoms in total. The van der Waals surface area contributed by atoms with Crippen LogP contribution in [0.25, 0.3) is 0 Å². The zero-order chi connectivity index (χ0) is 20.2. The fourth-order valence-electron chi connectivity index (χ4n) is 3.57. The number of aliphatic imine (C=N–C) groups is 1. The smallest absolute Gasteiger partial charge is 0.247 e. The summed E-state index contributed by atoms with van der Waals surface area (Å²) in [5.41, 5.74) is -0.549. The van der Waals surface area contributed by atoms with Crippen LogP contribution in [0.15, 0.2) is 34.5 Å². The van der Waals surface area contributed by atoms with Crippen LogP contribution in [0.2, 0.25) is 0 Å². The zero-order valence-corrected chi connectivity index (χ0v) is 16.6. The molecule has 3 N–H and O–H groups in total. The Kier molecular flexibility index (Phi) is 6.78. The van der Waals surface area contributed by atoms with E-state index in [4.69, 9.17) is 0 Å². The minimum absolute atomic E-state index is 0.00896. The number of allylic oxidation sites excluding steroid dienone is 2. The maximum atomic E-state index is 12.6. The lowest BCUT2D eigenvalue weighted by Gasteiger charge is -2.39. The van der Waals surface area contributed by atoms with Gasteiger partial charge in [-0.1, -0.05) is 12.7 Å². The number of aliphatic hydroxyl groups is 2. The average Bonchev–Trinajstić information content (AvgIpc) is 2.60. The summed E-state index contributed by atoms with van der Waals surface area (Å²) in [5, 5.41) is 29.3. The molecule has 0 radical (unpaired) electrons. The van der Waals surface area contributed by atoms with Crippen LogP contribution in [0.3, 0.4) is 0 Å². The van der Waals surface area contributed by atoms with Crippen LogP contribution in [0.5, 0.6) is 0 Å². The number of hydrogen-bond donors (Lipinski definition) is 3. The van der Waals surface area contributed by atoms with Gasteiger partial charge in [-0.3, -0.25) is 19.7 Å². The predicted octanol–water partition coefficient (Wildman–Crippen LogP) is 0.836. The van der Waals surface area contributed by atoms with Crippen LogP contribution >= 0.6 is 0 Å². The van der Waals surface area contributed by atoms with E-state index in [1.807, 2.05) is 0 Å². The summed E-state index contributed by atoms with van der Waals surface area (Å²) in [4.78, 5) is 18.6. The van der Waals surface area contributed by atoms with E-state index in [0.29, 0.717) is 30.2 Å². The summed E-state index contributed by atoms with van der Waals surface area (Å²) in [6, 6.07) is 0.00896. The molecule has 1 heterocycles. The van der Waals surface area contributed by atoms with E-state index in [1.165, 1.54) is 0 Å². The zero-order valence-electron chi connectivity index (χ0n) is 16.6. The number of aliphatic hydroxyl groups excluding tert-OH is 1. The molecule has 1 amide bonds. The summed E-state index contributed by atoms with van der Waals surface area (Å²) < 4.78 is 0. The first kappa shape index (κ1) is 21.1. The third-order valence-electron chi connectivity index (χ3n) is 4.86. The van der Waals surface area contributed by atoms with Gasteiger partial charge in [0, 0.05) is 20.1 Å². The maximum absolute atomic E-state index is 12.6. The molecule has 2 aliphatic rings. The fraction of sp³-hybridized carbons (Fsp3) is 0.632. The van der Waals surface area contributed by atoms with Crippen molar-refractivity contribution in [2.24, 2.45) is 10.1 Å². The van der Waals surface area contributed by atoms with Crippen LogP contribution in [0.4, 0.5) is 0 Å². The third-order valence-corrected chi connectivity index (χ3v) is 4.86. The van der Waals surface area contributed by atoms with Crippen molar-refractivity contribution in [3.05, 3.63) is 24.4 Å². The van der Waals surface area contributed by atoms with Gasteiger partial charge in [-0.05, 0) is 45.6 Å². The molecule has 1 saturated heterocycles. The van der Waals surface area contributed by atoms with Crippen LogP contribution in [-0.2, 0) is 4.79 Å².